The van der Waals surface area contributed by atoms with E-state index in [0.717, 1.165) is 0 Å². The number of ketones is 1. The number of ether oxygens (including phenoxy) is 4. The highest BCUT2D eigenvalue weighted by Crippen LogP contribution is 2.37. The van der Waals surface area contributed by atoms with Crippen LogP contribution in [0.2, 0.25) is 0 Å². The molecule has 0 fully saturated rings. The maximum atomic E-state index is 13.2. The third-order valence-electron chi connectivity index (χ3n) is 3.93. The number of anilines is 2. The van der Waals surface area contributed by atoms with Gasteiger partial charge in [-0.1, -0.05) is 0 Å². The second kappa shape index (κ2) is 9.73. The molecule has 0 atom stereocenters. The summed E-state index contributed by atoms with van der Waals surface area (Å²) in [6.45, 7) is 9.04. The fourth-order valence-electron chi connectivity index (χ4n) is 2.73. The summed E-state index contributed by atoms with van der Waals surface area (Å²) in [5, 5.41) is 0. The van der Waals surface area contributed by atoms with E-state index in [0.29, 0.717) is 71.9 Å². The van der Waals surface area contributed by atoms with Crippen molar-refractivity contribution in [3.63, 3.8) is 0 Å². The van der Waals surface area contributed by atoms with Crippen molar-refractivity contribution in [1.82, 2.24) is 0 Å². The molecule has 7 heteroatoms. The van der Waals surface area contributed by atoms with E-state index in [9.17, 15) is 4.79 Å². The van der Waals surface area contributed by atoms with Gasteiger partial charge in [0.25, 0.3) is 0 Å². The Balaban J connectivity index is 2.55. The Morgan fingerprint density at radius 2 is 0.893 bits per heavy atom. The zero-order chi connectivity index (χ0) is 20.7. The van der Waals surface area contributed by atoms with E-state index >= 15 is 0 Å². The van der Waals surface area contributed by atoms with Crippen molar-refractivity contribution < 1.29 is 23.7 Å². The number of nitrogens with two attached hydrogens (primary N) is 2. The predicted octanol–water partition coefficient (Wildman–Crippen LogP) is 3.68. The van der Waals surface area contributed by atoms with Crippen LogP contribution in [0.3, 0.4) is 0 Å². The lowest BCUT2D eigenvalue weighted by Gasteiger charge is -2.16. The van der Waals surface area contributed by atoms with Crippen LogP contribution in [0.1, 0.15) is 43.6 Å². The molecular weight excluding hydrogens is 360 g/mol. The largest absolute Gasteiger partial charge is 0.492 e. The van der Waals surface area contributed by atoms with E-state index in [1.807, 2.05) is 27.7 Å². The molecule has 0 saturated heterocycles. The third kappa shape index (κ3) is 4.60. The fourth-order valence-corrected chi connectivity index (χ4v) is 2.73. The molecule has 0 spiro atoms. The first kappa shape index (κ1) is 21.2. The minimum atomic E-state index is -0.246. The molecule has 7 nitrogen and oxygen atoms in total. The molecule has 0 amide bonds. The van der Waals surface area contributed by atoms with Gasteiger partial charge in [0, 0.05) is 11.1 Å². The van der Waals surface area contributed by atoms with E-state index in [4.69, 9.17) is 30.4 Å². The molecular formula is C21H28N2O5. The average molecular weight is 388 g/mol. The lowest BCUT2D eigenvalue weighted by Crippen LogP contribution is -2.09. The summed E-state index contributed by atoms with van der Waals surface area (Å²) < 4.78 is 22.3. The standard InChI is InChI=1S/C21H28N2O5/c1-5-25-15-9-13(10-16(19(15)22)26-6-2)21(24)14-11-17(27-7-3)20(23)18(12-14)28-8-4/h9-12H,5-8,22-23H2,1-4H3. The van der Waals surface area contributed by atoms with Crippen LogP contribution in [0.4, 0.5) is 11.4 Å². The maximum Gasteiger partial charge on any atom is 0.193 e. The van der Waals surface area contributed by atoms with Crippen LogP contribution in [0, 0.1) is 0 Å². The molecule has 0 radical (unpaired) electrons. The van der Waals surface area contributed by atoms with Crippen LogP contribution in [0.5, 0.6) is 23.0 Å². The number of carbonyl (C=O) groups excluding carboxylic acids is 1. The van der Waals surface area contributed by atoms with Crippen molar-refractivity contribution in [3.05, 3.63) is 35.4 Å². The van der Waals surface area contributed by atoms with Gasteiger partial charge >= 0.3 is 0 Å². The summed E-state index contributed by atoms with van der Waals surface area (Å²) in [6, 6.07) is 6.45. The molecule has 2 aromatic carbocycles. The smallest absolute Gasteiger partial charge is 0.193 e. The summed E-state index contributed by atoms with van der Waals surface area (Å²) in [4.78, 5) is 13.2. The molecule has 0 aromatic heterocycles. The van der Waals surface area contributed by atoms with Gasteiger partial charge in [-0.15, -0.1) is 0 Å². The van der Waals surface area contributed by atoms with Gasteiger partial charge in [0.05, 0.1) is 26.4 Å². The Bertz CT molecular complexity index is 714. The van der Waals surface area contributed by atoms with Crippen molar-refractivity contribution in [2.24, 2.45) is 0 Å². The number of rotatable bonds is 10. The van der Waals surface area contributed by atoms with Crippen molar-refractivity contribution in [3.8, 4) is 23.0 Å². The maximum absolute atomic E-state index is 13.2. The molecule has 0 unspecified atom stereocenters. The number of carbonyl (C=O) groups is 1. The van der Waals surface area contributed by atoms with Crippen LogP contribution < -0.4 is 30.4 Å². The Morgan fingerprint density at radius 3 is 1.11 bits per heavy atom. The zero-order valence-corrected chi connectivity index (χ0v) is 16.8. The second-order valence-corrected chi connectivity index (χ2v) is 5.83. The third-order valence-corrected chi connectivity index (χ3v) is 3.93. The Kier molecular flexibility index (Phi) is 7.37. The van der Waals surface area contributed by atoms with Crippen LogP contribution in [0.25, 0.3) is 0 Å². The summed E-state index contributed by atoms with van der Waals surface area (Å²) in [6.07, 6.45) is 0. The van der Waals surface area contributed by atoms with Gasteiger partial charge in [-0.25, -0.2) is 0 Å². The molecule has 0 aliphatic rings. The summed E-state index contributed by atoms with van der Waals surface area (Å²) >= 11 is 0. The summed E-state index contributed by atoms with van der Waals surface area (Å²) in [7, 11) is 0. The highest BCUT2D eigenvalue weighted by molar-refractivity contribution is 6.10. The molecule has 0 aliphatic heterocycles. The monoisotopic (exact) mass is 388 g/mol. The van der Waals surface area contributed by atoms with Gasteiger partial charge in [-0.2, -0.15) is 0 Å². The van der Waals surface area contributed by atoms with Crippen molar-refractivity contribution in [2.45, 2.75) is 27.7 Å². The lowest BCUT2D eigenvalue weighted by molar-refractivity contribution is 0.103. The van der Waals surface area contributed by atoms with Gasteiger partial charge in [0.15, 0.2) is 5.78 Å². The van der Waals surface area contributed by atoms with E-state index in [1.54, 1.807) is 24.3 Å². The topological polar surface area (TPSA) is 106 Å². The van der Waals surface area contributed by atoms with E-state index in [-0.39, 0.29) is 5.78 Å². The first-order valence-electron chi connectivity index (χ1n) is 9.39. The van der Waals surface area contributed by atoms with Gasteiger partial charge in [-0.3, -0.25) is 4.79 Å². The Hall–Kier alpha value is -3.09. The second-order valence-electron chi connectivity index (χ2n) is 5.83. The summed E-state index contributed by atoms with van der Waals surface area (Å²) in [5.74, 6) is 1.37. The number of hydrogen-bond acceptors (Lipinski definition) is 7. The Morgan fingerprint density at radius 1 is 0.643 bits per heavy atom. The lowest BCUT2D eigenvalue weighted by atomic mass is 10.0. The van der Waals surface area contributed by atoms with Gasteiger partial charge < -0.3 is 30.4 Å². The van der Waals surface area contributed by atoms with Gasteiger partial charge in [-0.05, 0) is 52.0 Å². The van der Waals surface area contributed by atoms with Crippen molar-refractivity contribution in [1.29, 1.82) is 0 Å². The van der Waals surface area contributed by atoms with Crippen LogP contribution in [-0.4, -0.2) is 32.2 Å². The van der Waals surface area contributed by atoms with Gasteiger partial charge in [0.1, 0.15) is 34.4 Å². The minimum Gasteiger partial charge on any atom is -0.492 e. The number of nitrogen functional groups attached to an aromatic ring is 2. The molecule has 4 N–H and O–H groups in total. The van der Waals surface area contributed by atoms with E-state index in [1.165, 1.54) is 0 Å². The van der Waals surface area contributed by atoms with Gasteiger partial charge in [0.2, 0.25) is 0 Å². The molecule has 2 aromatic rings. The zero-order valence-electron chi connectivity index (χ0n) is 16.8. The van der Waals surface area contributed by atoms with Crippen molar-refractivity contribution >= 4 is 17.2 Å². The number of hydrogen-bond donors (Lipinski definition) is 2. The molecule has 0 aliphatic carbocycles. The predicted molar refractivity (Wildman–Crippen MR) is 110 cm³/mol. The van der Waals surface area contributed by atoms with Crippen LogP contribution in [-0.2, 0) is 0 Å². The molecule has 0 heterocycles. The first-order chi connectivity index (χ1) is 13.5. The molecule has 28 heavy (non-hydrogen) atoms. The average Bonchev–Trinajstić information content (AvgIpc) is 2.68. The SMILES string of the molecule is CCOc1cc(C(=O)c2cc(OCC)c(N)c(OCC)c2)cc(OCC)c1N. The molecule has 2 rings (SSSR count). The summed E-state index contributed by atoms with van der Waals surface area (Å²) in [5.41, 5.74) is 13.7. The first-order valence-corrected chi connectivity index (χ1v) is 9.39. The highest BCUT2D eigenvalue weighted by Gasteiger charge is 2.20. The molecule has 0 saturated carbocycles. The molecule has 152 valence electrons. The van der Waals surface area contributed by atoms with E-state index in [2.05, 4.69) is 0 Å². The van der Waals surface area contributed by atoms with Crippen molar-refractivity contribution in [2.75, 3.05) is 37.9 Å². The highest BCUT2D eigenvalue weighted by atomic mass is 16.5. The molecule has 0 bridgehead atoms. The quantitative estimate of drug-likeness (QED) is 0.472. The minimum absolute atomic E-state index is 0.246. The normalized spacial score (nSPS) is 10.4. The Labute approximate surface area is 165 Å². The fraction of sp³-hybridized carbons (Fsp3) is 0.381. The van der Waals surface area contributed by atoms with Crippen LogP contribution in [0.15, 0.2) is 24.3 Å². The van der Waals surface area contributed by atoms with Crippen LogP contribution >= 0.6 is 0 Å². The number of benzene rings is 2. The van der Waals surface area contributed by atoms with E-state index < -0.39 is 0 Å².